The van der Waals surface area contributed by atoms with Crippen molar-refractivity contribution in [2.24, 2.45) is 11.8 Å². The molecular formula is C12H22N4O. The van der Waals surface area contributed by atoms with E-state index in [-0.39, 0.29) is 6.04 Å². The summed E-state index contributed by atoms with van der Waals surface area (Å²) in [5.41, 5.74) is 4.06. The Balaban J connectivity index is 2.06. The first kappa shape index (κ1) is 12.5. The number of hydrogen-bond acceptors (Lipinski definition) is 4. The number of nitrogens with one attached hydrogen (secondary N) is 1. The van der Waals surface area contributed by atoms with E-state index in [1.807, 2.05) is 10.9 Å². The standard InChI is InChI=1S/C12H22N4O/c1-3-4-16-7-11(6-14-16)12(15-13)10-5-9(2)17-8-10/h6-7,9-10,12,15H,3-5,8,13H2,1-2H3. The summed E-state index contributed by atoms with van der Waals surface area (Å²) in [6.45, 7) is 5.98. The fourth-order valence-corrected chi connectivity index (χ4v) is 2.48. The predicted molar refractivity (Wildman–Crippen MR) is 66.1 cm³/mol. The van der Waals surface area contributed by atoms with Crippen LogP contribution in [-0.4, -0.2) is 22.5 Å². The van der Waals surface area contributed by atoms with E-state index in [1.165, 1.54) is 0 Å². The van der Waals surface area contributed by atoms with Crippen LogP contribution in [0.25, 0.3) is 0 Å². The third kappa shape index (κ3) is 2.86. The summed E-state index contributed by atoms with van der Waals surface area (Å²) in [6, 6.07) is 0.144. The molecule has 1 aromatic heterocycles. The molecule has 3 atom stereocenters. The molecule has 2 rings (SSSR count). The molecular weight excluding hydrogens is 216 g/mol. The summed E-state index contributed by atoms with van der Waals surface area (Å²) in [6.07, 6.45) is 6.46. The monoisotopic (exact) mass is 238 g/mol. The van der Waals surface area contributed by atoms with Crippen molar-refractivity contribution in [3.05, 3.63) is 18.0 Å². The smallest absolute Gasteiger partial charge is 0.0551 e. The van der Waals surface area contributed by atoms with Crippen LogP contribution in [0.1, 0.15) is 38.3 Å². The van der Waals surface area contributed by atoms with Gasteiger partial charge in [-0.2, -0.15) is 5.10 Å². The van der Waals surface area contributed by atoms with E-state index in [4.69, 9.17) is 10.6 Å². The Morgan fingerprint density at radius 3 is 3.12 bits per heavy atom. The van der Waals surface area contributed by atoms with Gasteiger partial charge in [0.2, 0.25) is 0 Å². The predicted octanol–water partition coefficient (Wildman–Crippen LogP) is 1.22. The normalized spacial score (nSPS) is 26.3. The minimum atomic E-state index is 0.144. The van der Waals surface area contributed by atoms with Gasteiger partial charge in [0, 0.05) is 24.2 Å². The second-order valence-electron chi connectivity index (χ2n) is 4.82. The van der Waals surface area contributed by atoms with Gasteiger partial charge in [0.15, 0.2) is 0 Å². The molecule has 0 aromatic carbocycles. The maximum Gasteiger partial charge on any atom is 0.0551 e. The van der Waals surface area contributed by atoms with Gasteiger partial charge in [-0.25, -0.2) is 0 Å². The zero-order chi connectivity index (χ0) is 12.3. The molecule has 96 valence electrons. The summed E-state index contributed by atoms with van der Waals surface area (Å²) >= 11 is 0. The number of aryl methyl sites for hydroxylation is 1. The Labute approximate surface area is 102 Å². The van der Waals surface area contributed by atoms with E-state index in [0.29, 0.717) is 12.0 Å². The average molecular weight is 238 g/mol. The molecule has 17 heavy (non-hydrogen) atoms. The van der Waals surface area contributed by atoms with Gasteiger partial charge in [-0.1, -0.05) is 6.92 Å². The minimum absolute atomic E-state index is 0.144. The SMILES string of the molecule is CCCn1cc(C(NN)C2COC(C)C2)cn1. The summed E-state index contributed by atoms with van der Waals surface area (Å²) in [7, 11) is 0. The molecule has 0 saturated carbocycles. The van der Waals surface area contributed by atoms with Crippen LogP contribution in [0.3, 0.4) is 0 Å². The molecule has 3 N–H and O–H groups in total. The molecule has 1 saturated heterocycles. The number of nitrogens with two attached hydrogens (primary N) is 1. The number of hydrazine groups is 1. The maximum atomic E-state index is 5.67. The molecule has 5 nitrogen and oxygen atoms in total. The van der Waals surface area contributed by atoms with E-state index in [9.17, 15) is 0 Å². The first-order chi connectivity index (χ1) is 8.24. The Morgan fingerprint density at radius 2 is 2.53 bits per heavy atom. The van der Waals surface area contributed by atoms with Crippen molar-refractivity contribution in [3.8, 4) is 0 Å². The first-order valence-electron chi connectivity index (χ1n) is 6.34. The highest BCUT2D eigenvalue weighted by Gasteiger charge is 2.30. The largest absolute Gasteiger partial charge is 0.378 e. The molecule has 2 heterocycles. The molecule has 0 spiro atoms. The zero-order valence-corrected chi connectivity index (χ0v) is 10.6. The van der Waals surface area contributed by atoms with Crippen LogP contribution in [0.4, 0.5) is 0 Å². The lowest BCUT2D eigenvalue weighted by Crippen LogP contribution is -2.33. The highest BCUT2D eigenvalue weighted by atomic mass is 16.5. The third-order valence-corrected chi connectivity index (χ3v) is 3.35. The van der Waals surface area contributed by atoms with Gasteiger partial charge in [-0.3, -0.25) is 16.0 Å². The van der Waals surface area contributed by atoms with Crippen molar-refractivity contribution in [2.75, 3.05) is 6.61 Å². The minimum Gasteiger partial charge on any atom is -0.378 e. The van der Waals surface area contributed by atoms with Gasteiger partial charge >= 0.3 is 0 Å². The topological polar surface area (TPSA) is 65.1 Å². The summed E-state index contributed by atoms with van der Waals surface area (Å²) < 4.78 is 7.57. The Bertz CT molecular complexity index is 352. The van der Waals surface area contributed by atoms with Gasteiger partial charge in [-0.05, 0) is 19.8 Å². The van der Waals surface area contributed by atoms with E-state index in [2.05, 4.69) is 30.6 Å². The van der Waals surface area contributed by atoms with Crippen molar-refractivity contribution in [1.29, 1.82) is 0 Å². The van der Waals surface area contributed by atoms with Crippen molar-refractivity contribution in [2.45, 2.75) is 45.4 Å². The lowest BCUT2D eigenvalue weighted by Gasteiger charge is -2.20. The second kappa shape index (κ2) is 5.62. The van der Waals surface area contributed by atoms with Crippen molar-refractivity contribution in [3.63, 3.8) is 0 Å². The van der Waals surface area contributed by atoms with E-state index in [1.54, 1.807) is 0 Å². The van der Waals surface area contributed by atoms with Crippen LogP contribution in [0.5, 0.6) is 0 Å². The van der Waals surface area contributed by atoms with E-state index >= 15 is 0 Å². The van der Waals surface area contributed by atoms with Crippen LogP contribution >= 0.6 is 0 Å². The van der Waals surface area contributed by atoms with Crippen LogP contribution in [0, 0.1) is 5.92 Å². The van der Waals surface area contributed by atoms with Gasteiger partial charge in [0.1, 0.15) is 0 Å². The Hall–Kier alpha value is -0.910. The quantitative estimate of drug-likeness (QED) is 0.598. The highest BCUT2D eigenvalue weighted by Crippen LogP contribution is 2.30. The van der Waals surface area contributed by atoms with E-state index < -0.39 is 0 Å². The molecule has 3 unspecified atom stereocenters. The van der Waals surface area contributed by atoms with Gasteiger partial charge in [-0.15, -0.1) is 0 Å². The van der Waals surface area contributed by atoms with Crippen molar-refractivity contribution >= 4 is 0 Å². The van der Waals surface area contributed by atoms with Gasteiger partial charge < -0.3 is 4.74 Å². The van der Waals surface area contributed by atoms with Crippen molar-refractivity contribution in [1.82, 2.24) is 15.2 Å². The molecule has 0 radical (unpaired) electrons. The number of aromatic nitrogens is 2. The molecule has 1 aliphatic rings. The second-order valence-corrected chi connectivity index (χ2v) is 4.82. The third-order valence-electron chi connectivity index (χ3n) is 3.35. The van der Waals surface area contributed by atoms with Crippen LogP contribution in [0.2, 0.25) is 0 Å². The Morgan fingerprint density at radius 1 is 1.71 bits per heavy atom. The van der Waals surface area contributed by atoms with Crippen LogP contribution in [0.15, 0.2) is 12.4 Å². The lowest BCUT2D eigenvalue weighted by molar-refractivity contribution is 0.117. The number of rotatable bonds is 5. The summed E-state index contributed by atoms with van der Waals surface area (Å²) in [4.78, 5) is 0. The lowest BCUT2D eigenvalue weighted by atomic mass is 9.93. The van der Waals surface area contributed by atoms with Gasteiger partial charge in [0.05, 0.1) is 24.9 Å². The maximum absolute atomic E-state index is 5.67. The highest BCUT2D eigenvalue weighted by molar-refractivity contribution is 5.12. The molecule has 5 heteroatoms. The molecule has 1 aromatic rings. The van der Waals surface area contributed by atoms with E-state index in [0.717, 1.165) is 31.6 Å². The Kier molecular flexibility index (Phi) is 4.15. The zero-order valence-electron chi connectivity index (χ0n) is 10.6. The number of ether oxygens (including phenoxy) is 1. The fraction of sp³-hybridized carbons (Fsp3) is 0.750. The fourth-order valence-electron chi connectivity index (χ4n) is 2.48. The van der Waals surface area contributed by atoms with Crippen molar-refractivity contribution < 1.29 is 4.74 Å². The molecule has 0 bridgehead atoms. The summed E-state index contributed by atoms with van der Waals surface area (Å²) in [5, 5.41) is 4.35. The average Bonchev–Trinajstić information content (AvgIpc) is 2.91. The first-order valence-corrected chi connectivity index (χ1v) is 6.34. The van der Waals surface area contributed by atoms with Gasteiger partial charge in [0.25, 0.3) is 0 Å². The van der Waals surface area contributed by atoms with Crippen LogP contribution in [-0.2, 0) is 11.3 Å². The molecule has 1 fully saturated rings. The molecule has 1 aliphatic heterocycles. The van der Waals surface area contributed by atoms with Crippen LogP contribution < -0.4 is 11.3 Å². The number of hydrogen-bond donors (Lipinski definition) is 2. The molecule has 0 amide bonds. The summed E-state index contributed by atoms with van der Waals surface area (Å²) in [5.74, 6) is 6.11. The number of nitrogens with zero attached hydrogens (tertiary/aromatic N) is 2. The molecule has 0 aliphatic carbocycles.